The van der Waals surface area contributed by atoms with E-state index in [2.05, 4.69) is 29.6 Å². The van der Waals surface area contributed by atoms with Gasteiger partial charge in [-0.05, 0) is 60.3 Å². The van der Waals surface area contributed by atoms with E-state index in [1.165, 1.54) is 22.3 Å². The Morgan fingerprint density at radius 2 is 1.66 bits per heavy atom. The zero-order valence-corrected chi connectivity index (χ0v) is 20.0. The van der Waals surface area contributed by atoms with Gasteiger partial charge in [0, 0.05) is 31.5 Å². The molecule has 35 heavy (non-hydrogen) atoms. The summed E-state index contributed by atoms with van der Waals surface area (Å²) in [7, 11) is 0. The van der Waals surface area contributed by atoms with Gasteiger partial charge in [0.15, 0.2) is 0 Å². The molecule has 1 saturated carbocycles. The molecule has 3 unspecified atom stereocenters. The van der Waals surface area contributed by atoms with Crippen LogP contribution >= 0.6 is 0 Å². The Bertz CT molecular complexity index is 1080. The summed E-state index contributed by atoms with van der Waals surface area (Å²) in [6.07, 6.45) is 2.46. The third-order valence-electron chi connectivity index (χ3n) is 7.97. The van der Waals surface area contributed by atoms with Crippen molar-refractivity contribution >= 4 is 18.0 Å². The second-order valence-electron chi connectivity index (χ2n) is 10.1. The molecule has 3 aliphatic rings. The number of likely N-dealkylation sites (tertiary alicyclic amines) is 1. The van der Waals surface area contributed by atoms with E-state index >= 15 is 0 Å². The van der Waals surface area contributed by atoms with Gasteiger partial charge in [-0.2, -0.15) is 0 Å². The maximum Gasteiger partial charge on any atom is 0.407 e. The first kappa shape index (κ1) is 23.4. The molecule has 1 saturated heterocycles. The Kier molecular flexibility index (Phi) is 6.50. The van der Waals surface area contributed by atoms with Gasteiger partial charge in [-0.1, -0.05) is 48.5 Å². The fraction of sp³-hybridized carbons (Fsp3) is 0.464. The Morgan fingerprint density at radius 3 is 2.23 bits per heavy atom. The standard InChI is InChI=1S/C28H32N2O5/c1-17-20(27(32)33)12-13-30(17)26(31)14-19(18-10-11-18)15-29-28(34)35-16-25-23-8-4-2-6-21(23)22-7-3-5-9-24(22)25/h2-9,17-20,25H,10-16H2,1H3,(H,29,34)(H,32,33). The van der Waals surface area contributed by atoms with Gasteiger partial charge >= 0.3 is 12.1 Å². The first-order valence-electron chi connectivity index (χ1n) is 12.5. The lowest BCUT2D eigenvalue weighted by Gasteiger charge is -2.26. The first-order chi connectivity index (χ1) is 16.9. The maximum atomic E-state index is 12.9. The van der Waals surface area contributed by atoms with Gasteiger partial charge < -0.3 is 20.1 Å². The minimum Gasteiger partial charge on any atom is -0.481 e. The largest absolute Gasteiger partial charge is 0.481 e. The van der Waals surface area contributed by atoms with Crippen LogP contribution in [0.3, 0.4) is 0 Å². The number of benzene rings is 2. The number of fused-ring (bicyclic) bond motifs is 3. The minimum atomic E-state index is -0.844. The van der Waals surface area contributed by atoms with E-state index in [0.29, 0.717) is 31.8 Å². The van der Waals surface area contributed by atoms with Crippen molar-refractivity contribution in [1.29, 1.82) is 0 Å². The number of amides is 2. The average molecular weight is 477 g/mol. The van der Waals surface area contributed by atoms with Crippen LogP contribution in [0.4, 0.5) is 4.79 Å². The molecule has 0 radical (unpaired) electrons. The minimum absolute atomic E-state index is 0.00721. The molecule has 2 amide bonds. The molecule has 2 aliphatic carbocycles. The predicted molar refractivity (Wildman–Crippen MR) is 131 cm³/mol. The van der Waals surface area contributed by atoms with Gasteiger partial charge in [0.25, 0.3) is 0 Å². The van der Waals surface area contributed by atoms with Gasteiger partial charge in [0.2, 0.25) is 5.91 Å². The molecule has 7 nitrogen and oxygen atoms in total. The van der Waals surface area contributed by atoms with Gasteiger partial charge in [0.05, 0.1) is 5.92 Å². The van der Waals surface area contributed by atoms with Crippen molar-refractivity contribution in [2.75, 3.05) is 19.7 Å². The van der Waals surface area contributed by atoms with Crippen LogP contribution in [-0.4, -0.2) is 53.7 Å². The molecule has 0 bridgehead atoms. The number of nitrogens with zero attached hydrogens (tertiary/aromatic N) is 1. The number of hydrogen-bond acceptors (Lipinski definition) is 4. The monoisotopic (exact) mass is 476 g/mol. The van der Waals surface area contributed by atoms with Crippen LogP contribution in [-0.2, 0) is 14.3 Å². The van der Waals surface area contributed by atoms with Crippen molar-refractivity contribution in [1.82, 2.24) is 10.2 Å². The topological polar surface area (TPSA) is 95.9 Å². The summed E-state index contributed by atoms with van der Waals surface area (Å²) in [6.45, 7) is 2.94. The van der Waals surface area contributed by atoms with Crippen LogP contribution in [0.1, 0.15) is 49.7 Å². The predicted octanol–water partition coefficient (Wildman–Crippen LogP) is 4.26. The van der Waals surface area contributed by atoms with E-state index in [1.54, 1.807) is 4.90 Å². The SMILES string of the molecule is CC1C(C(=O)O)CCN1C(=O)CC(CNC(=O)OCC1c2ccccc2-c2ccccc21)C1CC1. The van der Waals surface area contributed by atoms with Crippen molar-refractivity contribution in [3.8, 4) is 11.1 Å². The van der Waals surface area contributed by atoms with Gasteiger partial charge in [-0.25, -0.2) is 4.79 Å². The van der Waals surface area contributed by atoms with E-state index in [0.717, 1.165) is 12.8 Å². The fourth-order valence-corrected chi connectivity index (χ4v) is 5.80. The van der Waals surface area contributed by atoms with E-state index in [9.17, 15) is 19.5 Å². The van der Waals surface area contributed by atoms with Gasteiger partial charge in [0.1, 0.15) is 6.61 Å². The summed E-state index contributed by atoms with van der Waals surface area (Å²) >= 11 is 0. The highest BCUT2D eigenvalue weighted by Gasteiger charge is 2.40. The number of aliphatic carboxylic acids is 1. The van der Waals surface area contributed by atoms with Crippen molar-refractivity contribution in [3.05, 3.63) is 59.7 Å². The number of nitrogens with one attached hydrogen (secondary N) is 1. The second-order valence-corrected chi connectivity index (χ2v) is 10.1. The summed E-state index contributed by atoms with van der Waals surface area (Å²) in [5.41, 5.74) is 4.71. The zero-order chi connectivity index (χ0) is 24.5. The Hall–Kier alpha value is -3.35. The molecule has 184 valence electrons. The molecule has 2 fully saturated rings. The van der Waals surface area contributed by atoms with Crippen LogP contribution < -0.4 is 5.32 Å². The van der Waals surface area contributed by atoms with Crippen LogP contribution in [0, 0.1) is 17.8 Å². The molecule has 3 atom stereocenters. The Labute approximate surface area is 205 Å². The number of ether oxygens (including phenoxy) is 1. The number of alkyl carbamates (subject to hydrolysis) is 1. The highest BCUT2D eigenvalue weighted by molar-refractivity contribution is 5.80. The van der Waals surface area contributed by atoms with Crippen LogP contribution in [0.25, 0.3) is 11.1 Å². The summed E-state index contributed by atoms with van der Waals surface area (Å²) in [4.78, 5) is 38.6. The summed E-state index contributed by atoms with van der Waals surface area (Å²) < 4.78 is 5.64. The molecular weight excluding hydrogens is 444 g/mol. The molecule has 1 heterocycles. The van der Waals surface area contributed by atoms with Gasteiger partial charge in [-0.15, -0.1) is 0 Å². The van der Waals surface area contributed by atoms with E-state index in [1.807, 2.05) is 31.2 Å². The van der Waals surface area contributed by atoms with E-state index in [-0.39, 0.29) is 30.4 Å². The first-order valence-corrected chi connectivity index (χ1v) is 12.5. The van der Waals surface area contributed by atoms with Crippen LogP contribution in [0.5, 0.6) is 0 Å². The third kappa shape index (κ3) is 4.77. The second kappa shape index (κ2) is 9.72. The molecule has 0 aromatic heterocycles. The number of carbonyl (C=O) groups excluding carboxylic acids is 2. The average Bonchev–Trinajstić information content (AvgIpc) is 3.55. The lowest BCUT2D eigenvalue weighted by Crippen LogP contribution is -2.40. The molecule has 0 spiro atoms. The van der Waals surface area contributed by atoms with Gasteiger partial charge in [-0.3, -0.25) is 9.59 Å². The van der Waals surface area contributed by atoms with Crippen molar-refractivity contribution in [3.63, 3.8) is 0 Å². The molecule has 7 heteroatoms. The molecule has 5 rings (SSSR count). The van der Waals surface area contributed by atoms with Crippen LogP contribution in [0.15, 0.2) is 48.5 Å². The van der Waals surface area contributed by atoms with Crippen molar-refractivity contribution < 1.29 is 24.2 Å². The third-order valence-corrected chi connectivity index (χ3v) is 7.97. The summed E-state index contributed by atoms with van der Waals surface area (Å²) in [5, 5.41) is 12.2. The van der Waals surface area contributed by atoms with Crippen molar-refractivity contribution in [2.45, 2.75) is 44.6 Å². The number of carboxylic acids is 1. The Balaban J connectivity index is 1.15. The maximum absolute atomic E-state index is 12.9. The smallest absolute Gasteiger partial charge is 0.407 e. The molecule has 2 aromatic carbocycles. The molecule has 2 aromatic rings. The summed E-state index contributed by atoms with van der Waals surface area (Å²) in [6, 6.07) is 16.1. The fourth-order valence-electron chi connectivity index (χ4n) is 5.80. The van der Waals surface area contributed by atoms with E-state index in [4.69, 9.17) is 4.74 Å². The molecule has 1 aliphatic heterocycles. The number of rotatable bonds is 8. The highest BCUT2D eigenvalue weighted by atomic mass is 16.5. The normalized spacial score (nSPS) is 21.8. The van der Waals surface area contributed by atoms with Crippen LogP contribution in [0.2, 0.25) is 0 Å². The number of carboxylic acid groups (broad SMARTS) is 1. The number of carbonyl (C=O) groups is 3. The van der Waals surface area contributed by atoms with Crippen molar-refractivity contribution in [2.24, 2.45) is 17.8 Å². The quantitative estimate of drug-likeness (QED) is 0.593. The number of hydrogen-bond donors (Lipinski definition) is 2. The zero-order valence-electron chi connectivity index (χ0n) is 20.0. The summed E-state index contributed by atoms with van der Waals surface area (Å²) in [5.74, 6) is -0.902. The lowest BCUT2D eigenvalue weighted by molar-refractivity contribution is -0.143. The Morgan fingerprint density at radius 1 is 1.03 bits per heavy atom. The molecule has 2 N–H and O–H groups in total. The molecular formula is C28H32N2O5. The lowest BCUT2D eigenvalue weighted by atomic mass is 9.98. The van der Waals surface area contributed by atoms with E-state index < -0.39 is 18.0 Å². The highest BCUT2D eigenvalue weighted by Crippen LogP contribution is 2.44.